The minimum absolute atomic E-state index is 0.0394. The van der Waals surface area contributed by atoms with Crippen LogP contribution in [-0.4, -0.2) is 54.2 Å². The summed E-state index contributed by atoms with van der Waals surface area (Å²) < 4.78 is 10.0. The average molecular weight is 242 g/mol. The van der Waals surface area contributed by atoms with Crippen molar-refractivity contribution in [1.29, 1.82) is 0 Å². The molecule has 0 radical (unpaired) electrons. The Kier molecular flexibility index (Phi) is 5.41. The Morgan fingerprint density at radius 1 is 1.12 bits per heavy atom. The fourth-order valence-electron chi connectivity index (χ4n) is 1.39. The normalized spacial score (nSPS) is 10.1. The van der Waals surface area contributed by atoms with E-state index in [4.69, 9.17) is 14.6 Å². The molecule has 17 heavy (non-hydrogen) atoms. The molecule has 0 unspecified atom stereocenters. The summed E-state index contributed by atoms with van der Waals surface area (Å²) in [5, 5.41) is 16.8. The van der Waals surface area contributed by atoms with Crippen LogP contribution in [0.4, 0.5) is 5.95 Å². The molecule has 0 amide bonds. The molecule has 7 heteroatoms. The molecule has 0 aliphatic rings. The van der Waals surface area contributed by atoms with Gasteiger partial charge in [0.25, 0.3) is 11.8 Å². The number of ether oxygens (including phenoxy) is 2. The molecule has 0 bridgehead atoms. The van der Waals surface area contributed by atoms with Crippen molar-refractivity contribution in [2.24, 2.45) is 0 Å². The molecular formula is C10H18N4O3. The summed E-state index contributed by atoms with van der Waals surface area (Å²) in [4.78, 5) is 6.04. The Balaban J connectivity index is 2.94. The summed E-state index contributed by atoms with van der Waals surface area (Å²) in [6.45, 7) is 3.29. The zero-order chi connectivity index (χ0) is 12.7. The van der Waals surface area contributed by atoms with Crippen LogP contribution in [0.3, 0.4) is 0 Å². The SMILES string of the molecule is CCCN(CCO)c1nnc(OC)c(OC)n1. The van der Waals surface area contributed by atoms with Gasteiger partial charge in [0.1, 0.15) is 0 Å². The maximum Gasteiger partial charge on any atom is 0.296 e. The molecular weight excluding hydrogens is 224 g/mol. The predicted molar refractivity (Wildman–Crippen MR) is 62.5 cm³/mol. The number of nitrogens with zero attached hydrogens (tertiary/aromatic N) is 4. The first kappa shape index (κ1) is 13.4. The highest BCUT2D eigenvalue weighted by Gasteiger charge is 2.14. The minimum Gasteiger partial charge on any atom is -0.477 e. The van der Waals surface area contributed by atoms with Gasteiger partial charge >= 0.3 is 0 Å². The highest BCUT2D eigenvalue weighted by Crippen LogP contribution is 2.22. The number of rotatable bonds is 7. The van der Waals surface area contributed by atoms with E-state index in [0.29, 0.717) is 12.5 Å². The molecule has 0 aliphatic heterocycles. The molecule has 0 spiro atoms. The van der Waals surface area contributed by atoms with E-state index in [1.54, 1.807) is 0 Å². The van der Waals surface area contributed by atoms with Gasteiger partial charge in [-0.05, 0) is 6.42 Å². The largest absolute Gasteiger partial charge is 0.477 e. The van der Waals surface area contributed by atoms with E-state index in [0.717, 1.165) is 13.0 Å². The number of anilines is 1. The topological polar surface area (TPSA) is 80.6 Å². The second-order valence-electron chi connectivity index (χ2n) is 3.34. The van der Waals surface area contributed by atoms with Crippen LogP contribution in [0.15, 0.2) is 0 Å². The molecule has 1 N–H and O–H groups in total. The first-order valence-corrected chi connectivity index (χ1v) is 5.45. The third-order valence-corrected chi connectivity index (χ3v) is 2.15. The second kappa shape index (κ2) is 6.85. The van der Waals surface area contributed by atoms with Crippen LogP contribution < -0.4 is 14.4 Å². The molecule has 1 rings (SSSR count). The Labute approximate surface area is 100 Å². The Morgan fingerprint density at radius 3 is 2.35 bits per heavy atom. The van der Waals surface area contributed by atoms with E-state index in [1.807, 2.05) is 11.8 Å². The van der Waals surface area contributed by atoms with E-state index in [1.165, 1.54) is 14.2 Å². The van der Waals surface area contributed by atoms with E-state index < -0.39 is 0 Å². The molecule has 7 nitrogen and oxygen atoms in total. The van der Waals surface area contributed by atoms with Gasteiger partial charge < -0.3 is 19.5 Å². The van der Waals surface area contributed by atoms with Crippen LogP contribution >= 0.6 is 0 Å². The van der Waals surface area contributed by atoms with E-state index in [9.17, 15) is 0 Å². The molecule has 0 aromatic carbocycles. The Morgan fingerprint density at radius 2 is 1.82 bits per heavy atom. The summed E-state index contributed by atoms with van der Waals surface area (Å²) in [6, 6.07) is 0. The number of aliphatic hydroxyl groups is 1. The van der Waals surface area contributed by atoms with Gasteiger partial charge in [-0.15, -0.1) is 10.2 Å². The first-order valence-electron chi connectivity index (χ1n) is 5.45. The van der Waals surface area contributed by atoms with Crippen molar-refractivity contribution in [1.82, 2.24) is 15.2 Å². The van der Waals surface area contributed by atoms with Crippen LogP contribution in [0.25, 0.3) is 0 Å². The molecule has 0 aliphatic carbocycles. The molecule has 1 heterocycles. The lowest BCUT2D eigenvalue weighted by Crippen LogP contribution is -2.29. The quantitative estimate of drug-likeness (QED) is 0.726. The Bertz CT molecular complexity index is 342. The van der Waals surface area contributed by atoms with Crippen molar-refractivity contribution < 1.29 is 14.6 Å². The predicted octanol–water partition coefficient (Wildman–Crippen LogP) is 0.0975. The average Bonchev–Trinajstić information content (AvgIpc) is 2.37. The van der Waals surface area contributed by atoms with Crippen LogP contribution in [0.1, 0.15) is 13.3 Å². The summed E-state index contributed by atoms with van der Waals surface area (Å²) in [6.07, 6.45) is 0.928. The van der Waals surface area contributed by atoms with E-state index in [2.05, 4.69) is 15.2 Å². The lowest BCUT2D eigenvalue weighted by atomic mass is 10.4. The molecule has 0 atom stereocenters. The van der Waals surface area contributed by atoms with Crippen molar-refractivity contribution in [2.75, 3.05) is 38.8 Å². The van der Waals surface area contributed by atoms with Gasteiger partial charge in [-0.3, -0.25) is 0 Å². The van der Waals surface area contributed by atoms with Crippen molar-refractivity contribution in [2.45, 2.75) is 13.3 Å². The van der Waals surface area contributed by atoms with Crippen LogP contribution in [-0.2, 0) is 0 Å². The fraction of sp³-hybridized carbons (Fsp3) is 0.700. The molecule has 96 valence electrons. The number of methoxy groups -OCH3 is 2. The highest BCUT2D eigenvalue weighted by molar-refractivity contribution is 5.35. The standard InChI is InChI=1S/C10H18N4O3/c1-4-5-14(6-7-15)10-11-8(16-2)9(17-3)12-13-10/h15H,4-7H2,1-3H3. The van der Waals surface area contributed by atoms with Gasteiger partial charge in [0, 0.05) is 13.1 Å². The van der Waals surface area contributed by atoms with Gasteiger partial charge in [0.15, 0.2) is 0 Å². The van der Waals surface area contributed by atoms with Crippen LogP contribution in [0, 0.1) is 0 Å². The van der Waals surface area contributed by atoms with Gasteiger partial charge in [0.2, 0.25) is 5.95 Å². The first-order chi connectivity index (χ1) is 8.26. The number of aliphatic hydroxyl groups excluding tert-OH is 1. The minimum atomic E-state index is 0.0394. The molecule has 0 saturated carbocycles. The van der Waals surface area contributed by atoms with Crippen molar-refractivity contribution >= 4 is 5.95 Å². The zero-order valence-electron chi connectivity index (χ0n) is 10.4. The smallest absolute Gasteiger partial charge is 0.296 e. The van der Waals surface area contributed by atoms with Crippen molar-refractivity contribution in [3.63, 3.8) is 0 Å². The molecule has 0 fully saturated rings. The number of hydrogen-bond donors (Lipinski definition) is 1. The van der Waals surface area contributed by atoms with E-state index in [-0.39, 0.29) is 18.4 Å². The van der Waals surface area contributed by atoms with Crippen LogP contribution in [0.2, 0.25) is 0 Å². The fourth-order valence-corrected chi connectivity index (χ4v) is 1.39. The third-order valence-electron chi connectivity index (χ3n) is 2.15. The van der Waals surface area contributed by atoms with Gasteiger partial charge in [-0.1, -0.05) is 6.92 Å². The Hall–Kier alpha value is -1.63. The lowest BCUT2D eigenvalue weighted by molar-refractivity contribution is 0.299. The van der Waals surface area contributed by atoms with E-state index >= 15 is 0 Å². The monoisotopic (exact) mass is 242 g/mol. The maximum atomic E-state index is 8.98. The highest BCUT2D eigenvalue weighted by atomic mass is 16.5. The summed E-state index contributed by atoms with van der Waals surface area (Å²) in [5.41, 5.74) is 0. The maximum absolute atomic E-state index is 8.98. The molecule has 1 aromatic rings. The van der Waals surface area contributed by atoms with Crippen molar-refractivity contribution in [3.8, 4) is 11.8 Å². The second-order valence-corrected chi connectivity index (χ2v) is 3.34. The number of hydrogen-bond acceptors (Lipinski definition) is 7. The van der Waals surface area contributed by atoms with Gasteiger partial charge in [-0.2, -0.15) is 4.98 Å². The summed E-state index contributed by atoms with van der Waals surface area (Å²) >= 11 is 0. The van der Waals surface area contributed by atoms with Gasteiger partial charge in [0.05, 0.1) is 20.8 Å². The summed E-state index contributed by atoms with van der Waals surface area (Å²) in [5.74, 6) is 0.965. The number of aromatic nitrogens is 3. The zero-order valence-corrected chi connectivity index (χ0v) is 10.4. The summed E-state index contributed by atoms with van der Waals surface area (Å²) in [7, 11) is 2.97. The van der Waals surface area contributed by atoms with Crippen LogP contribution in [0.5, 0.6) is 11.8 Å². The third kappa shape index (κ3) is 3.42. The van der Waals surface area contributed by atoms with Gasteiger partial charge in [-0.25, -0.2) is 0 Å². The molecule has 1 aromatic heterocycles. The van der Waals surface area contributed by atoms with Crippen molar-refractivity contribution in [3.05, 3.63) is 0 Å². The lowest BCUT2D eigenvalue weighted by Gasteiger charge is -2.20. The molecule has 0 saturated heterocycles.